The van der Waals surface area contributed by atoms with Gasteiger partial charge in [0.05, 0.1) is 27.5 Å². The molecule has 0 spiro atoms. The summed E-state index contributed by atoms with van der Waals surface area (Å²) < 4.78 is 1.04. The molecule has 0 fully saturated rings. The van der Waals surface area contributed by atoms with E-state index in [4.69, 9.17) is 39.9 Å². The molecular weight excluding hydrogens is 467 g/mol. The fourth-order valence-electron chi connectivity index (χ4n) is 3.16. The van der Waals surface area contributed by atoms with Crippen molar-refractivity contribution in [2.45, 2.75) is 12.5 Å². The molecule has 3 aromatic rings. The molecule has 3 aromatic carbocycles. The lowest BCUT2D eigenvalue weighted by molar-refractivity contribution is 0.709. The van der Waals surface area contributed by atoms with Crippen molar-refractivity contribution >= 4 is 62.1 Å². The molecule has 0 N–H and O–H groups in total. The summed E-state index contributed by atoms with van der Waals surface area (Å²) in [4.78, 5) is 0. The molecule has 0 amide bonds. The van der Waals surface area contributed by atoms with Gasteiger partial charge in [0, 0.05) is 15.9 Å². The van der Waals surface area contributed by atoms with E-state index >= 15 is 0 Å². The van der Waals surface area contributed by atoms with Gasteiger partial charge in [0.25, 0.3) is 0 Å². The topological polar surface area (TPSA) is 15.6 Å². The Morgan fingerprint density at radius 1 is 0.889 bits per heavy atom. The summed E-state index contributed by atoms with van der Waals surface area (Å²) in [6.07, 6.45) is 0.756. The van der Waals surface area contributed by atoms with Gasteiger partial charge in [-0.25, -0.2) is 0 Å². The maximum absolute atomic E-state index is 6.50. The van der Waals surface area contributed by atoms with Gasteiger partial charge >= 0.3 is 0 Å². The van der Waals surface area contributed by atoms with Gasteiger partial charge < -0.3 is 0 Å². The van der Waals surface area contributed by atoms with Crippen molar-refractivity contribution in [3.05, 3.63) is 97.4 Å². The lowest BCUT2D eigenvalue weighted by Gasteiger charge is -2.25. The van der Waals surface area contributed by atoms with Crippen LogP contribution in [0.2, 0.25) is 15.1 Å². The number of hydrazone groups is 1. The van der Waals surface area contributed by atoms with Gasteiger partial charge in [-0.1, -0.05) is 81.1 Å². The van der Waals surface area contributed by atoms with Crippen molar-refractivity contribution in [2.24, 2.45) is 5.10 Å². The molecular formula is C21H14BrCl3N2. The average molecular weight is 481 g/mol. The molecule has 0 unspecified atom stereocenters. The Morgan fingerprint density at radius 3 is 2.30 bits per heavy atom. The summed E-state index contributed by atoms with van der Waals surface area (Å²) in [6, 6.07) is 21.6. The van der Waals surface area contributed by atoms with E-state index in [0.29, 0.717) is 15.1 Å². The zero-order valence-electron chi connectivity index (χ0n) is 14.0. The second kappa shape index (κ2) is 7.84. The summed E-state index contributed by atoms with van der Waals surface area (Å²) in [5.41, 5.74) is 3.97. The van der Waals surface area contributed by atoms with E-state index < -0.39 is 0 Å². The monoisotopic (exact) mass is 478 g/mol. The number of rotatable bonds is 3. The van der Waals surface area contributed by atoms with E-state index in [1.165, 1.54) is 0 Å². The molecule has 0 saturated carbocycles. The highest BCUT2D eigenvalue weighted by Crippen LogP contribution is 2.42. The molecule has 4 rings (SSSR count). The van der Waals surface area contributed by atoms with Gasteiger partial charge in [0.2, 0.25) is 0 Å². The smallest absolute Gasteiger partial charge is 0.0845 e. The van der Waals surface area contributed by atoms with E-state index in [1.807, 2.05) is 53.5 Å². The van der Waals surface area contributed by atoms with Crippen molar-refractivity contribution in [3.63, 3.8) is 0 Å². The molecule has 1 aliphatic rings. The molecule has 1 atom stereocenters. The second-order valence-corrected chi connectivity index (χ2v) is 8.38. The minimum Gasteiger partial charge on any atom is -0.256 e. The molecule has 1 heterocycles. The van der Waals surface area contributed by atoms with Crippen LogP contribution in [0.3, 0.4) is 0 Å². The average Bonchev–Trinajstić information content (AvgIpc) is 3.10. The van der Waals surface area contributed by atoms with Crippen LogP contribution in [0.15, 0.2) is 76.3 Å². The Morgan fingerprint density at radius 2 is 1.59 bits per heavy atom. The summed E-state index contributed by atoms with van der Waals surface area (Å²) >= 11 is 22.3. The summed E-state index contributed by atoms with van der Waals surface area (Å²) in [7, 11) is 0. The number of hydrogen-bond donors (Lipinski definition) is 0. The van der Waals surface area contributed by atoms with Gasteiger partial charge in [-0.3, -0.25) is 5.01 Å². The number of nitrogens with zero attached hydrogens (tertiary/aromatic N) is 2. The predicted molar refractivity (Wildman–Crippen MR) is 118 cm³/mol. The number of anilines is 1. The highest BCUT2D eigenvalue weighted by atomic mass is 79.9. The number of halogens is 4. The normalized spacial score (nSPS) is 16.5. The van der Waals surface area contributed by atoms with Crippen LogP contribution >= 0.6 is 50.7 Å². The Bertz CT molecular complexity index is 1000. The van der Waals surface area contributed by atoms with Crippen molar-refractivity contribution < 1.29 is 0 Å². The van der Waals surface area contributed by atoms with Crippen LogP contribution in [-0.2, 0) is 0 Å². The van der Waals surface area contributed by atoms with Gasteiger partial charge in [0.15, 0.2) is 0 Å². The number of benzene rings is 3. The standard InChI is InChI=1S/C21H14BrCl3N2/c22-15-8-4-14(5-9-15)20-12-18(13-6-10-16(23)11-7-13)26-27(20)19-3-1-2-17(24)21(19)25/h1-11,20H,12H2/t20-/m1/s1. The lowest BCUT2D eigenvalue weighted by Crippen LogP contribution is -2.18. The Kier molecular flexibility index (Phi) is 5.47. The summed E-state index contributed by atoms with van der Waals surface area (Å²) in [5.74, 6) is 0. The molecule has 0 saturated heterocycles. The first kappa shape index (κ1) is 18.8. The molecule has 2 nitrogen and oxygen atoms in total. The minimum atomic E-state index is 0.0275. The zero-order valence-corrected chi connectivity index (χ0v) is 17.9. The molecule has 136 valence electrons. The molecule has 27 heavy (non-hydrogen) atoms. The second-order valence-electron chi connectivity index (χ2n) is 6.24. The Hall–Kier alpha value is -1.52. The maximum atomic E-state index is 6.50. The first-order valence-electron chi connectivity index (χ1n) is 8.35. The highest BCUT2D eigenvalue weighted by molar-refractivity contribution is 9.10. The van der Waals surface area contributed by atoms with Crippen LogP contribution < -0.4 is 5.01 Å². The first-order chi connectivity index (χ1) is 13.0. The molecule has 0 aliphatic carbocycles. The Balaban J connectivity index is 1.79. The Labute approximate surface area is 181 Å². The third-order valence-corrected chi connectivity index (χ3v) is 6.11. The first-order valence-corrected chi connectivity index (χ1v) is 10.3. The fourth-order valence-corrected chi connectivity index (χ4v) is 3.94. The summed E-state index contributed by atoms with van der Waals surface area (Å²) in [6.45, 7) is 0. The van der Waals surface area contributed by atoms with Gasteiger partial charge in [-0.15, -0.1) is 0 Å². The van der Waals surface area contributed by atoms with Crippen LogP contribution in [0.25, 0.3) is 0 Å². The van der Waals surface area contributed by atoms with Crippen molar-refractivity contribution in [3.8, 4) is 0 Å². The maximum Gasteiger partial charge on any atom is 0.0845 e. The van der Waals surface area contributed by atoms with Crippen LogP contribution in [0.1, 0.15) is 23.6 Å². The van der Waals surface area contributed by atoms with Crippen LogP contribution in [0.5, 0.6) is 0 Å². The molecule has 0 aromatic heterocycles. The van der Waals surface area contributed by atoms with Gasteiger partial charge in [-0.05, 0) is 47.5 Å². The van der Waals surface area contributed by atoms with E-state index in [2.05, 4.69) is 28.1 Å². The molecule has 1 aliphatic heterocycles. The van der Waals surface area contributed by atoms with Crippen LogP contribution in [0.4, 0.5) is 5.69 Å². The third-order valence-electron chi connectivity index (χ3n) is 4.52. The lowest BCUT2D eigenvalue weighted by atomic mass is 9.98. The highest BCUT2D eigenvalue weighted by Gasteiger charge is 2.31. The summed E-state index contributed by atoms with van der Waals surface area (Å²) in [5, 5.41) is 8.57. The largest absolute Gasteiger partial charge is 0.256 e. The van der Waals surface area contributed by atoms with Crippen LogP contribution in [0, 0.1) is 0 Å². The van der Waals surface area contributed by atoms with Crippen molar-refractivity contribution in [1.82, 2.24) is 0 Å². The van der Waals surface area contributed by atoms with Gasteiger partial charge in [-0.2, -0.15) is 5.10 Å². The van der Waals surface area contributed by atoms with Crippen molar-refractivity contribution in [2.75, 3.05) is 5.01 Å². The number of hydrogen-bond acceptors (Lipinski definition) is 2. The van der Waals surface area contributed by atoms with E-state index in [-0.39, 0.29) is 6.04 Å². The zero-order chi connectivity index (χ0) is 19.0. The quantitative estimate of drug-likeness (QED) is 0.374. The third kappa shape index (κ3) is 3.88. The SMILES string of the molecule is Clc1ccc(C2=NN(c3cccc(Cl)c3Cl)[C@@H](c3ccc(Br)cc3)C2)cc1. The molecule has 0 bridgehead atoms. The molecule has 6 heteroatoms. The van der Waals surface area contributed by atoms with Crippen LogP contribution in [-0.4, -0.2) is 5.71 Å². The van der Waals surface area contributed by atoms with E-state index in [0.717, 1.165) is 33.4 Å². The van der Waals surface area contributed by atoms with Gasteiger partial charge in [0.1, 0.15) is 0 Å². The van der Waals surface area contributed by atoms with E-state index in [1.54, 1.807) is 6.07 Å². The predicted octanol–water partition coefficient (Wildman–Crippen LogP) is 7.77. The van der Waals surface area contributed by atoms with E-state index in [9.17, 15) is 0 Å². The molecule has 0 radical (unpaired) electrons. The minimum absolute atomic E-state index is 0.0275. The van der Waals surface area contributed by atoms with Crippen molar-refractivity contribution in [1.29, 1.82) is 0 Å². The fraction of sp³-hybridized carbons (Fsp3) is 0.0952.